The summed E-state index contributed by atoms with van der Waals surface area (Å²) in [4.78, 5) is 2.33. The first kappa shape index (κ1) is 12.9. The number of likely N-dealkylation sites (N-methyl/N-ethyl adjacent to an activating group) is 1. The molecule has 2 saturated heterocycles. The van der Waals surface area contributed by atoms with E-state index in [2.05, 4.69) is 11.9 Å². The lowest BCUT2D eigenvalue weighted by Crippen LogP contribution is -2.57. The van der Waals surface area contributed by atoms with Gasteiger partial charge in [-0.05, 0) is 44.1 Å². The highest BCUT2D eigenvalue weighted by Crippen LogP contribution is 2.36. The van der Waals surface area contributed by atoms with Gasteiger partial charge < -0.3 is 14.6 Å². The zero-order chi connectivity index (χ0) is 13.3. The van der Waals surface area contributed by atoms with E-state index in [0.29, 0.717) is 19.0 Å². The fourth-order valence-electron chi connectivity index (χ4n) is 3.21. The van der Waals surface area contributed by atoms with E-state index in [1.165, 1.54) is 5.56 Å². The van der Waals surface area contributed by atoms with E-state index >= 15 is 0 Å². The second-order valence-corrected chi connectivity index (χ2v) is 5.48. The van der Waals surface area contributed by atoms with Crippen LogP contribution in [-0.4, -0.2) is 48.6 Å². The van der Waals surface area contributed by atoms with Crippen molar-refractivity contribution >= 4 is 0 Å². The molecule has 1 N–H and O–H groups in total. The van der Waals surface area contributed by atoms with Gasteiger partial charge in [0, 0.05) is 6.42 Å². The fourth-order valence-corrected chi connectivity index (χ4v) is 3.21. The van der Waals surface area contributed by atoms with Crippen molar-refractivity contribution < 1.29 is 14.6 Å². The van der Waals surface area contributed by atoms with Gasteiger partial charge in [0.2, 0.25) is 0 Å². The Bertz CT molecular complexity index is 426. The van der Waals surface area contributed by atoms with Gasteiger partial charge in [-0.1, -0.05) is 12.1 Å². The van der Waals surface area contributed by atoms with Gasteiger partial charge in [-0.3, -0.25) is 4.90 Å². The number of hydrogen-bond acceptors (Lipinski definition) is 4. The molecule has 104 valence electrons. The number of ether oxygens (including phenoxy) is 2. The molecule has 0 saturated carbocycles. The normalized spacial score (nSPS) is 26.9. The number of phenolic OH excluding ortho intramolecular Hbond substituents is 1. The molecule has 19 heavy (non-hydrogen) atoms. The lowest BCUT2D eigenvalue weighted by molar-refractivity contribution is -0.218. The van der Waals surface area contributed by atoms with Crippen LogP contribution in [0.3, 0.4) is 0 Å². The SMILES string of the molecule is CN1CCCC2(OCCO2)C1Cc1ccc(O)cc1. The minimum atomic E-state index is -0.426. The highest BCUT2D eigenvalue weighted by atomic mass is 16.7. The molecular weight excluding hydrogens is 242 g/mol. The van der Waals surface area contributed by atoms with Gasteiger partial charge in [0.1, 0.15) is 5.75 Å². The van der Waals surface area contributed by atoms with Crippen LogP contribution in [-0.2, 0) is 15.9 Å². The van der Waals surface area contributed by atoms with Crippen LogP contribution < -0.4 is 0 Å². The molecule has 1 atom stereocenters. The molecule has 2 fully saturated rings. The molecule has 1 spiro atoms. The van der Waals surface area contributed by atoms with Crippen LogP contribution in [0.1, 0.15) is 18.4 Å². The molecule has 0 amide bonds. The van der Waals surface area contributed by atoms with Crippen LogP contribution in [0.15, 0.2) is 24.3 Å². The van der Waals surface area contributed by atoms with Crippen molar-refractivity contribution in [3.05, 3.63) is 29.8 Å². The number of rotatable bonds is 2. The smallest absolute Gasteiger partial charge is 0.184 e. The van der Waals surface area contributed by atoms with Gasteiger partial charge in [0.15, 0.2) is 5.79 Å². The third-order valence-corrected chi connectivity index (χ3v) is 4.22. The molecule has 0 aliphatic carbocycles. The maximum atomic E-state index is 9.36. The molecule has 3 rings (SSSR count). The van der Waals surface area contributed by atoms with Crippen molar-refractivity contribution in [1.82, 2.24) is 4.90 Å². The predicted octanol–water partition coefficient (Wildman–Crippen LogP) is 1.77. The quantitative estimate of drug-likeness (QED) is 0.883. The highest BCUT2D eigenvalue weighted by Gasteiger charge is 2.48. The molecule has 4 heteroatoms. The first-order valence-electron chi connectivity index (χ1n) is 6.96. The number of benzene rings is 1. The van der Waals surface area contributed by atoms with Crippen LogP contribution in [0.4, 0.5) is 0 Å². The van der Waals surface area contributed by atoms with Gasteiger partial charge in [-0.15, -0.1) is 0 Å². The lowest BCUT2D eigenvalue weighted by Gasteiger charge is -2.45. The number of likely N-dealkylation sites (tertiary alicyclic amines) is 1. The number of phenols is 1. The molecule has 4 nitrogen and oxygen atoms in total. The molecule has 1 unspecified atom stereocenters. The fraction of sp³-hybridized carbons (Fsp3) is 0.600. The molecule has 2 aliphatic rings. The van der Waals surface area contributed by atoms with E-state index < -0.39 is 5.79 Å². The van der Waals surface area contributed by atoms with Crippen LogP contribution in [0.5, 0.6) is 5.75 Å². The minimum Gasteiger partial charge on any atom is -0.508 e. The Labute approximate surface area is 113 Å². The second kappa shape index (κ2) is 5.12. The summed E-state index contributed by atoms with van der Waals surface area (Å²) >= 11 is 0. The Balaban J connectivity index is 1.80. The highest BCUT2D eigenvalue weighted by molar-refractivity contribution is 5.27. The number of hydrogen-bond donors (Lipinski definition) is 1. The van der Waals surface area contributed by atoms with Crippen LogP contribution >= 0.6 is 0 Å². The third-order valence-electron chi connectivity index (χ3n) is 4.22. The molecule has 0 radical (unpaired) electrons. The summed E-state index contributed by atoms with van der Waals surface area (Å²) in [5.41, 5.74) is 1.20. The van der Waals surface area contributed by atoms with Crippen molar-refractivity contribution in [1.29, 1.82) is 0 Å². The molecular formula is C15H21NO3. The van der Waals surface area contributed by atoms with E-state index in [1.54, 1.807) is 12.1 Å². The third kappa shape index (κ3) is 2.48. The zero-order valence-electron chi connectivity index (χ0n) is 11.3. The minimum absolute atomic E-state index is 0.244. The molecule has 0 bridgehead atoms. The summed E-state index contributed by atoms with van der Waals surface area (Å²) in [6.07, 6.45) is 2.97. The van der Waals surface area contributed by atoms with E-state index in [4.69, 9.17) is 9.47 Å². The predicted molar refractivity (Wildman–Crippen MR) is 72.1 cm³/mol. The topological polar surface area (TPSA) is 41.9 Å². The van der Waals surface area contributed by atoms with Gasteiger partial charge in [0.05, 0.1) is 19.3 Å². The summed E-state index contributed by atoms with van der Waals surface area (Å²) in [5.74, 6) is -0.117. The largest absolute Gasteiger partial charge is 0.508 e. The molecule has 1 aromatic rings. The van der Waals surface area contributed by atoms with E-state index in [0.717, 1.165) is 25.8 Å². The molecule has 2 aliphatic heterocycles. The summed E-state index contributed by atoms with van der Waals surface area (Å²) in [5, 5.41) is 9.36. The van der Waals surface area contributed by atoms with Gasteiger partial charge in [-0.2, -0.15) is 0 Å². The Morgan fingerprint density at radius 1 is 1.26 bits per heavy atom. The summed E-state index contributed by atoms with van der Waals surface area (Å²) in [6, 6.07) is 7.66. The van der Waals surface area contributed by atoms with E-state index in [9.17, 15) is 5.11 Å². The Morgan fingerprint density at radius 3 is 2.63 bits per heavy atom. The number of aromatic hydroxyl groups is 1. The Hall–Kier alpha value is -1.10. The number of piperidine rings is 1. The second-order valence-electron chi connectivity index (χ2n) is 5.48. The summed E-state index contributed by atoms with van der Waals surface area (Å²) in [6.45, 7) is 2.47. The first-order valence-corrected chi connectivity index (χ1v) is 6.96. The summed E-state index contributed by atoms with van der Waals surface area (Å²) < 4.78 is 11.9. The Morgan fingerprint density at radius 2 is 1.95 bits per heavy atom. The van der Waals surface area contributed by atoms with Crippen LogP contribution in [0.25, 0.3) is 0 Å². The maximum absolute atomic E-state index is 9.36. The van der Waals surface area contributed by atoms with Gasteiger partial charge in [-0.25, -0.2) is 0 Å². The number of nitrogens with zero attached hydrogens (tertiary/aromatic N) is 1. The molecule has 0 aromatic heterocycles. The van der Waals surface area contributed by atoms with Crippen molar-refractivity contribution in [2.24, 2.45) is 0 Å². The van der Waals surface area contributed by atoms with Crippen LogP contribution in [0, 0.1) is 0 Å². The monoisotopic (exact) mass is 263 g/mol. The van der Waals surface area contributed by atoms with Crippen molar-refractivity contribution in [3.8, 4) is 5.75 Å². The van der Waals surface area contributed by atoms with Gasteiger partial charge in [0.25, 0.3) is 0 Å². The van der Waals surface area contributed by atoms with Crippen LogP contribution in [0.2, 0.25) is 0 Å². The van der Waals surface area contributed by atoms with Gasteiger partial charge >= 0.3 is 0 Å². The van der Waals surface area contributed by atoms with Crippen molar-refractivity contribution in [3.63, 3.8) is 0 Å². The zero-order valence-corrected chi connectivity index (χ0v) is 11.3. The van der Waals surface area contributed by atoms with E-state index in [-0.39, 0.29) is 6.04 Å². The van der Waals surface area contributed by atoms with E-state index in [1.807, 2.05) is 12.1 Å². The van der Waals surface area contributed by atoms with Crippen molar-refractivity contribution in [2.75, 3.05) is 26.8 Å². The maximum Gasteiger partial charge on any atom is 0.184 e. The van der Waals surface area contributed by atoms with Crippen molar-refractivity contribution in [2.45, 2.75) is 31.1 Å². The summed E-state index contributed by atoms with van der Waals surface area (Å²) in [7, 11) is 2.14. The molecule has 2 heterocycles. The average molecular weight is 263 g/mol. The Kier molecular flexibility index (Phi) is 3.48. The lowest BCUT2D eigenvalue weighted by atomic mass is 9.90. The first-order chi connectivity index (χ1) is 9.20. The standard InChI is InChI=1S/C15H21NO3/c1-16-8-2-7-15(18-9-10-19-15)14(16)11-12-3-5-13(17)6-4-12/h3-6,14,17H,2,7-11H2,1H3. The molecule has 1 aromatic carbocycles. The average Bonchev–Trinajstić information content (AvgIpc) is 2.86.